The second-order valence-electron chi connectivity index (χ2n) is 7.21. The molecule has 1 aromatic carbocycles. The van der Waals surface area contributed by atoms with E-state index in [2.05, 4.69) is 37.4 Å². The van der Waals surface area contributed by atoms with Crippen molar-refractivity contribution in [3.8, 4) is 0 Å². The summed E-state index contributed by atoms with van der Waals surface area (Å²) in [6.07, 6.45) is 3.69. The molecule has 150 valence electrons. The number of pyridine rings is 1. The number of aromatic amines is 1. The van der Waals surface area contributed by atoms with E-state index in [0.717, 1.165) is 49.7 Å². The van der Waals surface area contributed by atoms with Gasteiger partial charge in [-0.3, -0.25) is 19.1 Å². The molecule has 1 saturated heterocycles. The largest absolute Gasteiger partial charge is 0.368 e. The number of hydrogen-bond donors (Lipinski definition) is 1. The maximum Gasteiger partial charge on any atom is 0.270 e. The Morgan fingerprint density at radius 1 is 1.17 bits per heavy atom. The molecule has 29 heavy (non-hydrogen) atoms. The molecule has 6 nitrogen and oxygen atoms in total. The van der Waals surface area contributed by atoms with Crippen LogP contribution in [0, 0.1) is 0 Å². The van der Waals surface area contributed by atoms with E-state index in [1.54, 1.807) is 6.08 Å². The second-order valence-corrected chi connectivity index (χ2v) is 7.21. The average molecular weight is 393 g/mol. The summed E-state index contributed by atoms with van der Waals surface area (Å²) in [6, 6.07) is 9.96. The number of piperazine rings is 1. The number of rotatable bonds is 6. The Balaban J connectivity index is 1.40. The van der Waals surface area contributed by atoms with Crippen LogP contribution in [0.25, 0.3) is 17.1 Å². The summed E-state index contributed by atoms with van der Waals surface area (Å²) in [7, 11) is 0. The van der Waals surface area contributed by atoms with E-state index >= 15 is 0 Å². The lowest BCUT2D eigenvalue weighted by atomic mass is 10.1. The summed E-state index contributed by atoms with van der Waals surface area (Å²) < 4.78 is 12.5. The quantitative estimate of drug-likeness (QED) is 0.698. The molecule has 2 aromatic heterocycles. The molecule has 1 N–H and O–H groups in total. The van der Waals surface area contributed by atoms with Gasteiger partial charge in [-0.2, -0.15) is 0 Å². The van der Waals surface area contributed by atoms with Gasteiger partial charge in [0.15, 0.2) is 0 Å². The van der Waals surface area contributed by atoms with Crippen LogP contribution < -0.4 is 10.5 Å². The van der Waals surface area contributed by atoms with Crippen molar-refractivity contribution in [1.82, 2.24) is 19.9 Å². The Morgan fingerprint density at radius 2 is 2.00 bits per heavy atom. The van der Waals surface area contributed by atoms with Gasteiger partial charge in [-0.05, 0) is 35.9 Å². The van der Waals surface area contributed by atoms with Crippen LogP contribution >= 0.6 is 0 Å². The summed E-state index contributed by atoms with van der Waals surface area (Å²) in [5.41, 5.74) is 4.47. The molecule has 0 aliphatic carbocycles. The third-order valence-electron chi connectivity index (χ3n) is 5.28. The minimum atomic E-state index is -0.583. The fourth-order valence-electron chi connectivity index (χ4n) is 3.66. The lowest BCUT2D eigenvalue weighted by Gasteiger charge is -2.36. The van der Waals surface area contributed by atoms with Crippen molar-refractivity contribution in [2.24, 2.45) is 0 Å². The summed E-state index contributed by atoms with van der Waals surface area (Å²) in [4.78, 5) is 28.3. The molecule has 0 radical (unpaired) electrons. The number of nitrogens with one attached hydrogen (secondary N) is 1. The normalized spacial score (nSPS) is 15.0. The number of halogens is 1. The van der Waals surface area contributed by atoms with Crippen LogP contribution in [0.1, 0.15) is 17.0 Å². The molecule has 7 heteroatoms. The molecule has 4 rings (SSSR count). The molecule has 1 fully saturated rings. The Bertz CT molecular complexity index is 1050. The summed E-state index contributed by atoms with van der Waals surface area (Å²) in [5, 5.41) is 0. The smallest absolute Gasteiger partial charge is 0.270 e. The molecule has 3 heterocycles. The Morgan fingerprint density at radius 3 is 2.69 bits per heavy atom. The zero-order valence-electron chi connectivity index (χ0n) is 16.3. The number of aryl methyl sites for hydroxylation is 1. The molecular weight excluding hydrogens is 369 g/mol. The zero-order valence-corrected chi connectivity index (χ0v) is 16.3. The first-order valence-corrected chi connectivity index (χ1v) is 9.80. The molecule has 0 bridgehead atoms. The van der Waals surface area contributed by atoms with Gasteiger partial charge in [-0.1, -0.05) is 12.6 Å². The van der Waals surface area contributed by atoms with Crippen molar-refractivity contribution in [3.63, 3.8) is 0 Å². The fraction of sp³-hybridized carbons (Fsp3) is 0.318. The topological polar surface area (TPSA) is 65.1 Å². The Hall–Kier alpha value is -3.06. The predicted molar refractivity (Wildman–Crippen MR) is 114 cm³/mol. The SMILES string of the molecule is C=Cc1ccc(N2CCN(Cc3ccc4nc(CCF)c(=O)[nH]c4c3)CC2)cn1. The van der Waals surface area contributed by atoms with E-state index in [0.29, 0.717) is 11.0 Å². The first-order chi connectivity index (χ1) is 14.2. The lowest BCUT2D eigenvalue weighted by molar-refractivity contribution is 0.250. The number of benzene rings is 1. The second kappa shape index (κ2) is 8.53. The standard InChI is InChI=1S/C22H24FN5O/c1-2-17-4-5-18(14-24-17)28-11-9-27(10-12-28)15-16-3-6-19-21(13-16)26-22(29)20(25-19)7-8-23/h2-6,13-14H,1,7-12,15H2,(H,26,29). The van der Waals surface area contributed by atoms with Crippen LogP contribution in [0.2, 0.25) is 0 Å². The number of alkyl halides is 1. The van der Waals surface area contributed by atoms with Gasteiger partial charge in [-0.15, -0.1) is 0 Å². The number of anilines is 1. The van der Waals surface area contributed by atoms with E-state index in [9.17, 15) is 9.18 Å². The predicted octanol–water partition coefficient (Wildman–Crippen LogP) is 2.80. The van der Waals surface area contributed by atoms with Crippen molar-refractivity contribution < 1.29 is 4.39 Å². The maximum atomic E-state index is 12.5. The minimum Gasteiger partial charge on any atom is -0.368 e. The molecule has 1 aliphatic heterocycles. The van der Waals surface area contributed by atoms with Crippen molar-refractivity contribution in [2.45, 2.75) is 13.0 Å². The maximum absolute atomic E-state index is 12.5. The molecular formula is C22H24FN5O. The molecule has 0 amide bonds. The van der Waals surface area contributed by atoms with Crippen LogP contribution in [0.15, 0.2) is 47.9 Å². The molecule has 1 aliphatic rings. The lowest BCUT2D eigenvalue weighted by Crippen LogP contribution is -2.46. The van der Waals surface area contributed by atoms with Gasteiger partial charge in [0.05, 0.1) is 35.3 Å². The van der Waals surface area contributed by atoms with E-state index in [4.69, 9.17) is 0 Å². The molecule has 3 aromatic rings. The highest BCUT2D eigenvalue weighted by atomic mass is 19.1. The Labute approximate surface area is 168 Å². The first kappa shape index (κ1) is 19.3. The minimum absolute atomic E-state index is 0.0448. The molecule has 0 saturated carbocycles. The van der Waals surface area contributed by atoms with Crippen LogP contribution in [0.5, 0.6) is 0 Å². The van der Waals surface area contributed by atoms with Gasteiger partial charge in [0.25, 0.3) is 5.56 Å². The van der Waals surface area contributed by atoms with Gasteiger partial charge < -0.3 is 9.88 Å². The fourth-order valence-corrected chi connectivity index (χ4v) is 3.66. The van der Waals surface area contributed by atoms with Gasteiger partial charge in [0, 0.05) is 39.1 Å². The summed E-state index contributed by atoms with van der Waals surface area (Å²) in [5.74, 6) is 0. The molecule has 0 atom stereocenters. The zero-order chi connectivity index (χ0) is 20.2. The van der Waals surface area contributed by atoms with E-state index < -0.39 is 6.67 Å². The van der Waals surface area contributed by atoms with Gasteiger partial charge in [-0.25, -0.2) is 4.98 Å². The molecule has 0 unspecified atom stereocenters. The third kappa shape index (κ3) is 4.35. The number of nitrogens with zero attached hydrogens (tertiary/aromatic N) is 4. The summed E-state index contributed by atoms with van der Waals surface area (Å²) >= 11 is 0. The van der Waals surface area contributed by atoms with Crippen LogP contribution in [0.4, 0.5) is 10.1 Å². The number of hydrogen-bond acceptors (Lipinski definition) is 5. The molecule has 0 spiro atoms. The van der Waals surface area contributed by atoms with Crippen molar-refractivity contribution in [3.05, 3.63) is 70.4 Å². The number of aromatic nitrogens is 3. The van der Waals surface area contributed by atoms with E-state index in [1.165, 1.54) is 0 Å². The highest BCUT2D eigenvalue weighted by molar-refractivity contribution is 5.74. The Kier molecular flexibility index (Phi) is 5.67. The monoisotopic (exact) mass is 393 g/mol. The van der Waals surface area contributed by atoms with Crippen molar-refractivity contribution in [2.75, 3.05) is 37.8 Å². The number of fused-ring (bicyclic) bond motifs is 1. The average Bonchev–Trinajstić information content (AvgIpc) is 2.75. The van der Waals surface area contributed by atoms with E-state index in [-0.39, 0.29) is 17.7 Å². The van der Waals surface area contributed by atoms with Crippen LogP contribution in [0.3, 0.4) is 0 Å². The van der Waals surface area contributed by atoms with Crippen LogP contribution in [-0.2, 0) is 13.0 Å². The first-order valence-electron chi connectivity index (χ1n) is 9.80. The van der Waals surface area contributed by atoms with Crippen LogP contribution in [-0.4, -0.2) is 52.7 Å². The van der Waals surface area contributed by atoms with Gasteiger partial charge >= 0.3 is 0 Å². The highest BCUT2D eigenvalue weighted by Gasteiger charge is 2.18. The summed E-state index contributed by atoms with van der Waals surface area (Å²) in [6.45, 7) is 7.74. The third-order valence-corrected chi connectivity index (χ3v) is 5.28. The number of H-pyrrole nitrogens is 1. The van der Waals surface area contributed by atoms with Gasteiger partial charge in [0.2, 0.25) is 0 Å². The van der Waals surface area contributed by atoms with Gasteiger partial charge in [0.1, 0.15) is 5.69 Å². The van der Waals surface area contributed by atoms with Crippen molar-refractivity contribution >= 4 is 22.8 Å². The van der Waals surface area contributed by atoms with Crippen molar-refractivity contribution in [1.29, 1.82) is 0 Å². The highest BCUT2D eigenvalue weighted by Crippen LogP contribution is 2.18. The van der Waals surface area contributed by atoms with E-state index in [1.807, 2.05) is 30.5 Å².